The number of aromatic nitrogens is 2. The van der Waals surface area contributed by atoms with Crippen LogP contribution in [0.3, 0.4) is 0 Å². The fourth-order valence-electron chi connectivity index (χ4n) is 2.90. The van der Waals surface area contributed by atoms with Crippen LogP contribution in [0.4, 0.5) is 0 Å². The number of hydrogen-bond donors (Lipinski definition) is 3. The van der Waals surface area contributed by atoms with Crippen LogP contribution in [0.1, 0.15) is 41.4 Å². The fourth-order valence-corrected chi connectivity index (χ4v) is 2.90. The van der Waals surface area contributed by atoms with Crippen LogP contribution in [0.2, 0.25) is 0 Å². The Morgan fingerprint density at radius 3 is 2.69 bits per heavy atom. The predicted molar refractivity (Wildman–Crippen MR) is 100 cm³/mol. The number of nitrogens with zero attached hydrogens (tertiary/aromatic N) is 1. The minimum atomic E-state index is -0.723. The second-order valence-electron chi connectivity index (χ2n) is 6.13. The first-order chi connectivity index (χ1) is 12.4. The predicted octanol–water partition coefficient (Wildman–Crippen LogP) is 2.98. The molecule has 0 aliphatic rings. The zero-order valence-corrected chi connectivity index (χ0v) is 14.5. The van der Waals surface area contributed by atoms with E-state index in [0.29, 0.717) is 16.8 Å². The highest BCUT2D eigenvalue weighted by Gasteiger charge is 2.14. The van der Waals surface area contributed by atoms with Gasteiger partial charge in [0.1, 0.15) is 5.65 Å². The van der Waals surface area contributed by atoms with Gasteiger partial charge >= 0.3 is 0 Å². The van der Waals surface area contributed by atoms with Crippen LogP contribution < -0.4 is 5.73 Å². The molecule has 4 N–H and O–H groups in total. The van der Waals surface area contributed by atoms with Gasteiger partial charge < -0.3 is 15.8 Å². The summed E-state index contributed by atoms with van der Waals surface area (Å²) in [6, 6.07) is 7.30. The molecule has 1 aromatic carbocycles. The average Bonchev–Trinajstić information content (AvgIpc) is 3.01. The van der Waals surface area contributed by atoms with Gasteiger partial charge in [0.15, 0.2) is 5.78 Å². The zero-order valence-electron chi connectivity index (χ0n) is 14.5. The van der Waals surface area contributed by atoms with E-state index in [2.05, 4.69) is 9.97 Å². The molecular weight excluding hydrogens is 330 g/mol. The summed E-state index contributed by atoms with van der Waals surface area (Å²) in [5.41, 5.74) is 9.36. The van der Waals surface area contributed by atoms with Gasteiger partial charge in [-0.2, -0.15) is 0 Å². The van der Waals surface area contributed by atoms with Crippen molar-refractivity contribution in [3.05, 3.63) is 59.4 Å². The van der Waals surface area contributed by atoms with Crippen LogP contribution in [0.15, 0.2) is 42.7 Å². The monoisotopic (exact) mass is 349 g/mol. The Kier molecular flexibility index (Phi) is 4.69. The van der Waals surface area contributed by atoms with E-state index in [-0.39, 0.29) is 5.78 Å². The van der Waals surface area contributed by atoms with Gasteiger partial charge in [0.2, 0.25) is 5.91 Å². The number of carbonyl (C=O) groups is 2. The molecule has 0 saturated heterocycles. The molecule has 1 unspecified atom stereocenters. The van der Waals surface area contributed by atoms with E-state index >= 15 is 0 Å². The van der Waals surface area contributed by atoms with Gasteiger partial charge in [-0.3, -0.25) is 9.59 Å². The molecule has 0 aliphatic heterocycles. The van der Waals surface area contributed by atoms with Crippen LogP contribution in [0.5, 0.6) is 0 Å². The number of benzene rings is 1. The number of aliphatic hydroxyl groups is 1. The van der Waals surface area contributed by atoms with Crippen molar-refractivity contribution < 1.29 is 14.7 Å². The van der Waals surface area contributed by atoms with Crippen molar-refractivity contribution >= 4 is 28.8 Å². The molecular formula is C20H19N3O3. The summed E-state index contributed by atoms with van der Waals surface area (Å²) >= 11 is 0. The molecule has 2 aromatic heterocycles. The topological polar surface area (TPSA) is 109 Å². The van der Waals surface area contributed by atoms with Crippen molar-refractivity contribution in [1.29, 1.82) is 0 Å². The van der Waals surface area contributed by atoms with Crippen LogP contribution in [0, 0.1) is 0 Å². The smallest absolute Gasteiger partial charge is 0.241 e. The van der Waals surface area contributed by atoms with Gasteiger partial charge in [-0.05, 0) is 43.2 Å². The molecule has 132 valence electrons. The molecule has 3 rings (SSSR count). The van der Waals surface area contributed by atoms with Crippen molar-refractivity contribution in [1.82, 2.24) is 9.97 Å². The zero-order chi connectivity index (χ0) is 18.8. The lowest BCUT2D eigenvalue weighted by atomic mass is 9.95. The standard InChI is InChI=1S/C20H19N3O3/c1-11(24)16-5-3-13(7-17(16)12(2)25)15-8-18-14(4-6-19(21)26)9-22-20(18)23-10-15/h3-11,24H,1-2H3,(H2,21,26)(H,22,23). The molecule has 0 aliphatic carbocycles. The SMILES string of the molecule is CC(=O)c1cc(-c2cnc3[nH]cc(C=CC(N)=O)c3c2)ccc1C(C)O. The highest BCUT2D eigenvalue weighted by molar-refractivity contribution is 5.98. The second kappa shape index (κ2) is 6.93. The number of Topliss-reactive ketones (excluding diaryl/α,β-unsaturated/α-hetero) is 1. The van der Waals surface area contributed by atoms with Crippen molar-refractivity contribution in [2.24, 2.45) is 5.73 Å². The Morgan fingerprint density at radius 1 is 1.27 bits per heavy atom. The third-order valence-corrected chi connectivity index (χ3v) is 4.21. The average molecular weight is 349 g/mol. The maximum atomic E-state index is 11.9. The first kappa shape index (κ1) is 17.6. The minimum Gasteiger partial charge on any atom is -0.389 e. The van der Waals surface area contributed by atoms with E-state index in [1.807, 2.05) is 12.1 Å². The maximum Gasteiger partial charge on any atom is 0.241 e. The largest absolute Gasteiger partial charge is 0.389 e. The maximum absolute atomic E-state index is 11.9. The molecule has 6 nitrogen and oxygen atoms in total. The number of aliphatic hydroxyl groups excluding tert-OH is 1. The number of ketones is 1. The quantitative estimate of drug-likeness (QED) is 0.486. The Bertz CT molecular complexity index is 1030. The lowest BCUT2D eigenvalue weighted by molar-refractivity contribution is -0.113. The third kappa shape index (κ3) is 3.41. The van der Waals surface area contributed by atoms with Gasteiger partial charge in [0, 0.05) is 40.5 Å². The van der Waals surface area contributed by atoms with E-state index < -0.39 is 12.0 Å². The molecule has 0 fully saturated rings. The Hall–Kier alpha value is -3.25. The minimum absolute atomic E-state index is 0.108. The molecule has 0 saturated carbocycles. The summed E-state index contributed by atoms with van der Waals surface area (Å²) in [5, 5.41) is 10.7. The number of primary amides is 1. The van der Waals surface area contributed by atoms with E-state index in [1.165, 1.54) is 13.0 Å². The van der Waals surface area contributed by atoms with Crippen LogP contribution in [-0.4, -0.2) is 26.8 Å². The molecule has 3 aromatic rings. The molecule has 0 bridgehead atoms. The van der Waals surface area contributed by atoms with Crippen molar-refractivity contribution in [2.45, 2.75) is 20.0 Å². The first-order valence-electron chi connectivity index (χ1n) is 8.15. The van der Waals surface area contributed by atoms with E-state index in [1.54, 1.807) is 37.5 Å². The number of nitrogens with two attached hydrogens (primary N) is 1. The summed E-state index contributed by atoms with van der Waals surface area (Å²) in [5.74, 6) is -0.633. The first-order valence-corrected chi connectivity index (χ1v) is 8.15. The van der Waals surface area contributed by atoms with Crippen molar-refractivity contribution in [3.63, 3.8) is 0 Å². The van der Waals surface area contributed by atoms with Crippen LogP contribution in [0.25, 0.3) is 28.2 Å². The number of carbonyl (C=O) groups excluding carboxylic acids is 2. The van der Waals surface area contributed by atoms with E-state index in [0.717, 1.165) is 22.1 Å². The molecule has 6 heteroatoms. The van der Waals surface area contributed by atoms with Gasteiger partial charge in [0.25, 0.3) is 0 Å². The summed E-state index contributed by atoms with van der Waals surface area (Å²) in [4.78, 5) is 30.3. The number of H-pyrrole nitrogens is 1. The third-order valence-electron chi connectivity index (χ3n) is 4.21. The lowest BCUT2D eigenvalue weighted by Crippen LogP contribution is -2.04. The number of rotatable bonds is 5. The Balaban J connectivity index is 2.10. The summed E-state index contributed by atoms with van der Waals surface area (Å²) in [6.45, 7) is 3.11. The van der Waals surface area contributed by atoms with Crippen LogP contribution in [-0.2, 0) is 4.79 Å². The molecule has 1 amide bonds. The van der Waals surface area contributed by atoms with Gasteiger partial charge in [0.05, 0.1) is 6.10 Å². The number of aromatic amines is 1. The molecule has 2 heterocycles. The van der Waals surface area contributed by atoms with Gasteiger partial charge in [-0.15, -0.1) is 0 Å². The lowest BCUT2D eigenvalue weighted by Gasteiger charge is -2.12. The van der Waals surface area contributed by atoms with Gasteiger partial charge in [-0.25, -0.2) is 4.98 Å². The van der Waals surface area contributed by atoms with Crippen molar-refractivity contribution in [2.75, 3.05) is 0 Å². The number of hydrogen-bond acceptors (Lipinski definition) is 4. The second-order valence-corrected chi connectivity index (χ2v) is 6.13. The summed E-state index contributed by atoms with van der Waals surface area (Å²) < 4.78 is 0. The normalized spacial score (nSPS) is 12.6. The van der Waals surface area contributed by atoms with E-state index in [9.17, 15) is 14.7 Å². The molecule has 0 radical (unpaired) electrons. The number of nitrogens with one attached hydrogen (secondary N) is 1. The highest BCUT2D eigenvalue weighted by Crippen LogP contribution is 2.29. The Morgan fingerprint density at radius 2 is 2.04 bits per heavy atom. The van der Waals surface area contributed by atoms with Crippen LogP contribution >= 0.6 is 0 Å². The Labute approximate surface area is 150 Å². The number of amides is 1. The summed E-state index contributed by atoms with van der Waals surface area (Å²) in [6.07, 6.45) is 5.66. The molecule has 1 atom stereocenters. The number of pyridine rings is 1. The summed E-state index contributed by atoms with van der Waals surface area (Å²) in [7, 11) is 0. The highest BCUT2D eigenvalue weighted by atomic mass is 16.3. The fraction of sp³-hybridized carbons (Fsp3) is 0.150. The van der Waals surface area contributed by atoms with E-state index in [4.69, 9.17) is 5.73 Å². The molecule has 0 spiro atoms. The van der Waals surface area contributed by atoms with Crippen molar-refractivity contribution in [3.8, 4) is 11.1 Å². The number of fused-ring (bicyclic) bond motifs is 1. The molecule has 26 heavy (non-hydrogen) atoms. The van der Waals surface area contributed by atoms with Gasteiger partial charge in [-0.1, -0.05) is 12.1 Å².